The smallest absolute Gasteiger partial charge is 0.232 e. The number of carbonyl (C=O) groups is 1. The Hall–Kier alpha value is -3.16. The van der Waals surface area contributed by atoms with Crippen LogP contribution in [0.15, 0.2) is 54.9 Å². The zero-order valence-corrected chi connectivity index (χ0v) is 18.2. The minimum absolute atomic E-state index is 0.00702. The van der Waals surface area contributed by atoms with E-state index in [1.165, 1.54) is 23.2 Å². The standard InChI is InChI=1S/C22H17Cl2FN4O2/c1-28(15-5-8-19(25)26-11-15)20(30)10-18-21(13-3-6-16(31-2)7-4-13)27-22-17(24)9-14(23)12-29(18)22/h3-9,11-12H,10H2,1-2H3. The predicted molar refractivity (Wildman–Crippen MR) is 119 cm³/mol. The Labute approximate surface area is 187 Å². The van der Waals surface area contributed by atoms with E-state index in [0.29, 0.717) is 38.5 Å². The number of anilines is 1. The van der Waals surface area contributed by atoms with E-state index in [2.05, 4.69) is 9.97 Å². The van der Waals surface area contributed by atoms with Crippen molar-refractivity contribution in [1.82, 2.24) is 14.4 Å². The summed E-state index contributed by atoms with van der Waals surface area (Å²) < 4.78 is 20.1. The average molecular weight is 459 g/mol. The fraction of sp³-hybridized carbons (Fsp3) is 0.136. The van der Waals surface area contributed by atoms with Crippen LogP contribution >= 0.6 is 23.2 Å². The van der Waals surface area contributed by atoms with Crippen LogP contribution in [0, 0.1) is 5.95 Å². The highest BCUT2D eigenvalue weighted by Crippen LogP contribution is 2.31. The fourth-order valence-corrected chi connectivity index (χ4v) is 3.75. The number of hydrogen-bond donors (Lipinski definition) is 0. The van der Waals surface area contributed by atoms with Crippen LogP contribution in [0.5, 0.6) is 5.75 Å². The SMILES string of the molecule is COc1ccc(-c2nc3c(Cl)cc(Cl)cn3c2CC(=O)N(C)c2ccc(F)nc2)cc1. The van der Waals surface area contributed by atoms with Gasteiger partial charge in [-0.15, -0.1) is 0 Å². The number of carbonyl (C=O) groups excluding carboxylic acids is 1. The van der Waals surface area contributed by atoms with Gasteiger partial charge in [0.05, 0.1) is 46.8 Å². The van der Waals surface area contributed by atoms with Gasteiger partial charge < -0.3 is 14.0 Å². The molecule has 4 rings (SSSR count). The Morgan fingerprint density at radius 1 is 1.19 bits per heavy atom. The number of amides is 1. The number of imidazole rings is 1. The molecule has 9 heteroatoms. The van der Waals surface area contributed by atoms with Crippen LogP contribution in [-0.4, -0.2) is 34.4 Å². The quantitative estimate of drug-likeness (QED) is 0.392. The molecule has 0 bridgehead atoms. The molecule has 0 aliphatic heterocycles. The van der Waals surface area contributed by atoms with Crippen molar-refractivity contribution < 1.29 is 13.9 Å². The minimum atomic E-state index is -0.613. The van der Waals surface area contributed by atoms with Crippen LogP contribution in [0.1, 0.15) is 5.69 Å². The number of ether oxygens (including phenoxy) is 1. The average Bonchev–Trinajstić information content (AvgIpc) is 3.12. The first kappa shape index (κ1) is 21.1. The van der Waals surface area contributed by atoms with Crippen LogP contribution < -0.4 is 9.64 Å². The molecule has 0 unspecified atom stereocenters. The summed E-state index contributed by atoms with van der Waals surface area (Å²) in [5.41, 5.74) is 2.99. The van der Waals surface area contributed by atoms with E-state index in [1.807, 2.05) is 24.3 Å². The highest BCUT2D eigenvalue weighted by Gasteiger charge is 2.21. The largest absolute Gasteiger partial charge is 0.497 e. The Kier molecular flexibility index (Phi) is 5.80. The second-order valence-corrected chi connectivity index (χ2v) is 7.65. The summed E-state index contributed by atoms with van der Waals surface area (Å²) in [6, 6.07) is 11.6. The van der Waals surface area contributed by atoms with E-state index < -0.39 is 5.95 Å². The number of benzene rings is 1. The fourth-order valence-electron chi connectivity index (χ4n) is 3.24. The van der Waals surface area contributed by atoms with Crippen molar-refractivity contribution in [2.24, 2.45) is 0 Å². The van der Waals surface area contributed by atoms with Crippen LogP contribution in [0.25, 0.3) is 16.9 Å². The molecule has 6 nitrogen and oxygen atoms in total. The van der Waals surface area contributed by atoms with Crippen LogP contribution in [0.4, 0.5) is 10.1 Å². The molecule has 0 atom stereocenters. The van der Waals surface area contributed by atoms with Crippen LogP contribution in [-0.2, 0) is 11.2 Å². The molecule has 158 valence electrons. The number of likely N-dealkylation sites (N-methyl/N-ethyl adjacent to an activating group) is 1. The van der Waals surface area contributed by atoms with Crippen molar-refractivity contribution in [3.05, 3.63) is 76.5 Å². The molecule has 3 heterocycles. The molecule has 3 aromatic heterocycles. The number of methoxy groups -OCH3 is 1. The number of rotatable bonds is 5. The van der Waals surface area contributed by atoms with Gasteiger partial charge in [0, 0.05) is 18.8 Å². The third-order valence-electron chi connectivity index (χ3n) is 4.90. The Morgan fingerprint density at radius 3 is 2.58 bits per heavy atom. The third kappa shape index (κ3) is 4.19. The van der Waals surface area contributed by atoms with Crippen molar-refractivity contribution >= 4 is 40.4 Å². The lowest BCUT2D eigenvalue weighted by molar-refractivity contribution is -0.117. The van der Waals surface area contributed by atoms with Gasteiger partial charge in [-0.2, -0.15) is 4.39 Å². The van der Waals surface area contributed by atoms with Crippen molar-refractivity contribution in [3.63, 3.8) is 0 Å². The first-order chi connectivity index (χ1) is 14.9. The summed E-state index contributed by atoms with van der Waals surface area (Å²) in [5.74, 6) is -0.145. The Morgan fingerprint density at radius 2 is 1.94 bits per heavy atom. The maximum Gasteiger partial charge on any atom is 0.232 e. The number of hydrogen-bond acceptors (Lipinski definition) is 4. The number of aromatic nitrogens is 3. The molecule has 1 amide bonds. The van der Waals surface area contributed by atoms with Gasteiger partial charge in [0.1, 0.15) is 5.75 Å². The number of fused-ring (bicyclic) bond motifs is 1. The monoisotopic (exact) mass is 458 g/mol. The molecule has 31 heavy (non-hydrogen) atoms. The topological polar surface area (TPSA) is 59.7 Å². The lowest BCUT2D eigenvalue weighted by atomic mass is 10.1. The number of pyridine rings is 2. The summed E-state index contributed by atoms with van der Waals surface area (Å²) in [4.78, 5) is 22.8. The van der Waals surface area contributed by atoms with E-state index in [9.17, 15) is 9.18 Å². The van der Waals surface area contributed by atoms with E-state index in [1.54, 1.807) is 30.8 Å². The van der Waals surface area contributed by atoms with E-state index >= 15 is 0 Å². The first-order valence-electron chi connectivity index (χ1n) is 9.26. The molecule has 0 radical (unpaired) electrons. The van der Waals surface area contributed by atoms with Crippen LogP contribution in [0.2, 0.25) is 10.0 Å². The zero-order valence-electron chi connectivity index (χ0n) is 16.6. The lowest BCUT2D eigenvalue weighted by Crippen LogP contribution is -2.28. The molecule has 4 aromatic rings. The summed E-state index contributed by atoms with van der Waals surface area (Å²) in [7, 11) is 3.19. The van der Waals surface area contributed by atoms with E-state index in [4.69, 9.17) is 27.9 Å². The zero-order chi connectivity index (χ0) is 22.1. The van der Waals surface area contributed by atoms with E-state index in [-0.39, 0.29) is 12.3 Å². The highest BCUT2D eigenvalue weighted by molar-refractivity contribution is 6.36. The number of halogens is 3. The van der Waals surface area contributed by atoms with Crippen LogP contribution in [0.3, 0.4) is 0 Å². The van der Waals surface area contributed by atoms with Gasteiger partial charge in [-0.25, -0.2) is 9.97 Å². The molecule has 0 saturated carbocycles. The molecule has 0 fully saturated rings. The van der Waals surface area contributed by atoms with Crippen molar-refractivity contribution in [2.45, 2.75) is 6.42 Å². The van der Waals surface area contributed by atoms with Gasteiger partial charge >= 0.3 is 0 Å². The molecule has 1 aromatic carbocycles. The molecular formula is C22H17Cl2FN4O2. The van der Waals surface area contributed by atoms with E-state index in [0.717, 1.165) is 5.56 Å². The summed E-state index contributed by atoms with van der Waals surface area (Å²) in [6.07, 6.45) is 2.98. The molecule has 0 saturated heterocycles. The van der Waals surface area contributed by atoms with Gasteiger partial charge in [-0.3, -0.25) is 4.79 Å². The Bertz CT molecular complexity index is 1260. The summed E-state index contributed by atoms with van der Waals surface area (Å²) >= 11 is 12.6. The normalized spacial score (nSPS) is 11.0. The van der Waals surface area contributed by atoms with Gasteiger partial charge in [0.25, 0.3) is 0 Å². The number of nitrogens with zero attached hydrogens (tertiary/aromatic N) is 4. The molecular weight excluding hydrogens is 442 g/mol. The van der Waals surface area contributed by atoms with Crippen molar-refractivity contribution in [1.29, 1.82) is 0 Å². The summed E-state index contributed by atoms with van der Waals surface area (Å²) in [5, 5.41) is 0.790. The lowest BCUT2D eigenvalue weighted by Gasteiger charge is -2.17. The first-order valence-corrected chi connectivity index (χ1v) is 10.0. The third-order valence-corrected chi connectivity index (χ3v) is 5.38. The molecule has 0 aliphatic carbocycles. The second-order valence-electron chi connectivity index (χ2n) is 6.80. The summed E-state index contributed by atoms with van der Waals surface area (Å²) in [6.45, 7) is 0. The van der Waals surface area contributed by atoms with Gasteiger partial charge in [-0.1, -0.05) is 23.2 Å². The minimum Gasteiger partial charge on any atom is -0.497 e. The molecule has 0 spiro atoms. The molecule has 0 N–H and O–H groups in total. The van der Waals surface area contributed by atoms with Gasteiger partial charge in [0.15, 0.2) is 5.65 Å². The second kappa shape index (κ2) is 8.53. The predicted octanol–water partition coefficient (Wildman–Crippen LogP) is 5.06. The van der Waals surface area contributed by atoms with Gasteiger partial charge in [-0.05, 0) is 42.5 Å². The maximum atomic E-state index is 13.1. The molecule has 0 aliphatic rings. The maximum absolute atomic E-state index is 13.1. The Balaban J connectivity index is 1.78. The highest BCUT2D eigenvalue weighted by atomic mass is 35.5. The van der Waals surface area contributed by atoms with Crippen molar-refractivity contribution in [3.8, 4) is 17.0 Å². The van der Waals surface area contributed by atoms with Crippen molar-refractivity contribution in [2.75, 3.05) is 19.1 Å². The van der Waals surface area contributed by atoms with Gasteiger partial charge in [0.2, 0.25) is 11.9 Å².